The van der Waals surface area contributed by atoms with E-state index in [1.165, 1.54) is 20.8 Å². The summed E-state index contributed by atoms with van der Waals surface area (Å²) in [5.41, 5.74) is -1.33. The summed E-state index contributed by atoms with van der Waals surface area (Å²) in [5.74, 6) is -1.71. The maximum absolute atomic E-state index is 10.5. The van der Waals surface area contributed by atoms with Crippen LogP contribution >= 0.6 is 0 Å². The van der Waals surface area contributed by atoms with Gasteiger partial charge in [0.2, 0.25) is 0 Å². The molecule has 3 nitrogen and oxygen atoms in total. The van der Waals surface area contributed by atoms with Gasteiger partial charge in [0, 0.05) is 0 Å². The van der Waals surface area contributed by atoms with Gasteiger partial charge in [-0.2, -0.15) is 0 Å². The Labute approximate surface area is 53.7 Å². The number of carbonyl (C=O) groups is 2. The first-order valence-electron chi connectivity index (χ1n) is 2.61. The number of rotatable bonds is 2. The zero-order chi connectivity index (χ0) is 7.65. The van der Waals surface area contributed by atoms with Gasteiger partial charge in [-0.1, -0.05) is 0 Å². The highest BCUT2D eigenvalue weighted by molar-refractivity contribution is 5.99. The van der Waals surface area contributed by atoms with Crippen LogP contribution in [0.15, 0.2) is 0 Å². The van der Waals surface area contributed by atoms with Gasteiger partial charge >= 0.3 is 0 Å². The Kier molecular flexibility index (Phi) is 1.96. The minimum absolute atomic E-state index is 0.387. The average molecular weight is 129 g/mol. The molecule has 0 spiro atoms. The molecule has 0 fully saturated rings. The molecule has 0 heterocycles. The number of hydrogen-bond acceptors (Lipinski definition) is 3. The lowest BCUT2D eigenvalue weighted by Crippen LogP contribution is -2.42. The van der Waals surface area contributed by atoms with E-state index in [4.69, 9.17) is 0 Å². The molecular formula is C6H9O3-. The summed E-state index contributed by atoms with van der Waals surface area (Å²) in [7, 11) is 0. The Bertz CT molecular complexity index is 130. The van der Waals surface area contributed by atoms with Crippen molar-refractivity contribution in [3.8, 4) is 0 Å². The Hall–Kier alpha value is -0.860. The minimum Gasteiger partial charge on any atom is -0.549 e. The zero-order valence-corrected chi connectivity index (χ0v) is 5.72. The lowest BCUT2D eigenvalue weighted by atomic mass is 9.89. The molecule has 0 bridgehead atoms. The van der Waals surface area contributed by atoms with Crippen LogP contribution in [-0.2, 0) is 9.59 Å². The number of carboxylic acids is 1. The van der Waals surface area contributed by atoms with Crippen LogP contribution in [0.3, 0.4) is 0 Å². The first kappa shape index (κ1) is 8.14. The van der Waals surface area contributed by atoms with E-state index in [1.807, 2.05) is 0 Å². The molecule has 0 aromatic rings. The van der Waals surface area contributed by atoms with Crippen LogP contribution in [0.1, 0.15) is 20.8 Å². The summed E-state index contributed by atoms with van der Waals surface area (Å²) >= 11 is 0. The van der Waals surface area contributed by atoms with Crippen molar-refractivity contribution in [2.75, 3.05) is 0 Å². The van der Waals surface area contributed by atoms with Gasteiger partial charge in [-0.15, -0.1) is 0 Å². The van der Waals surface area contributed by atoms with Crippen molar-refractivity contribution >= 4 is 11.8 Å². The standard InChI is InChI=1S/C6H10O3/c1-4(7)6(2,3)5(8)9/h1-3H3,(H,8,9)/p-1. The minimum atomic E-state index is -1.33. The van der Waals surface area contributed by atoms with Crippen LogP contribution in [0.5, 0.6) is 0 Å². The van der Waals surface area contributed by atoms with Gasteiger partial charge in [0.05, 0.1) is 11.4 Å². The third kappa shape index (κ3) is 1.52. The maximum atomic E-state index is 10.5. The van der Waals surface area contributed by atoms with Crippen LogP contribution in [0, 0.1) is 5.41 Å². The molecule has 0 aliphatic rings. The molecule has 0 saturated carbocycles. The predicted molar refractivity (Wildman–Crippen MR) is 29.5 cm³/mol. The van der Waals surface area contributed by atoms with Crippen molar-refractivity contribution in [1.29, 1.82) is 0 Å². The van der Waals surface area contributed by atoms with E-state index in [9.17, 15) is 14.7 Å². The highest BCUT2D eigenvalue weighted by Crippen LogP contribution is 2.13. The van der Waals surface area contributed by atoms with Gasteiger partial charge in [0.25, 0.3) is 0 Å². The second-order valence-electron chi connectivity index (χ2n) is 2.47. The summed E-state index contributed by atoms with van der Waals surface area (Å²) in [5, 5.41) is 10.1. The molecule has 0 aliphatic carbocycles. The number of aliphatic carboxylic acids is 1. The zero-order valence-electron chi connectivity index (χ0n) is 5.72. The molecule has 0 radical (unpaired) electrons. The van der Waals surface area contributed by atoms with Crippen LogP contribution < -0.4 is 5.11 Å². The van der Waals surface area contributed by atoms with Crippen molar-refractivity contribution in [3.63, 3.8) is 0 Å². The van der Waals surface area contributed by atoms with Crippen molar-refractivity contribution < 1.29 is 14.7 Å². The van der Waals surface area contributed by atoms with Crippen LogP contribution in [0.25, 0.3) is 0 Å². The number of hydrogen-bond donors (Lipinski definition) is 0. The first-order chi connectivity index (χ1) is 3.89. The largest absolute Gasteiger partial charge is 0.549 e. The summed E-state index contributed by atoms with van der Waals surface area (Å²) in [6.07, 6.45) is 0. The summed E-state index contributed by atoms with van der Waals surface area (Å²) in [6, 6.07) is 0. The fraction of sp³-hybridized carbons (Fsp3) is 0.667. The average Bonchev–Trinajstić information content (AvgIpc) is 1.65. The Morgan fingerprint density at radius 2 is 1.67 bits per heavy atom. The third-order valence-corrected chi connectivity index (χ3v) is 1.39. The van der Waals surface area contributed by atoms with Gasteiger partial charge in [0.1, 0.15) is 5.78 Å². The SMILES string of the molecule is CC(=O)C(C)(C)C(=O)[O-]. The van der Waals surface area contributed by atoms with E-state index < -0.39 is 11.4 Å². The Morgan fingerprint density at radius 1 is 1.33 bits per heavy atom. The van der Waals surface area contributed by atoms with Gasteiger partial charge in [-0.3, -0.25) is 4.79 Å². The predicted octanol–water partition coefficient (Wildman–Crippen LogP) is -0.649. The molecule has 0 unspecified atom stereocenters. The van der Waals surface area contributed by atoms with E-state index in [0.717, 1.165) is 0 Å². The molecule has 52 valence electrons. The van der Waals surface area contributed by atoms with E-state index >= 15 is 0 Å². The quantitative estimate of drug-likeness (QED) is 0.465. The van der Waals surface area contributed by atoms with Gasteiger partial charge in [0.15, 0.2) is 0 Å². The smallest absolute Gasteiger partial charge is 0.141 e. The van der Waals surface area contributed by atoms with Crippen LogP contribution in [0.4, 0.5) is 0 Å². The van der Waals surface area contributed by atoms with Crippen LogP contribution in [0.2, 0.25) is 0 Å². The molecule has 9 heavy (non-hydrogen) atoms. The molecule has 0 aliphatic heterocycles. The summed E-state index contributed by atoms with van der Waals surface area (Å²) < 4.78 is 0. The molecular weight excluding hydrogens is 120 g/mol. The van der Waals surface area contributed by atoms with Crippen molar-refractivity contribution in [2.24, 2.45) is 5.41 Å². The lowest BCUT2D eigenvalue weighted by Gasteiger charge is -2.21. The number of carbonyl (C=O) groups excluding carboxylic acids is 2. The van der Waals surface area contributed by atoms with Gasteiger partial charge < -0.3 is 9.90 Å². The maximum Gasteiger partial charge on any atom is 0.141 e. The second kappa shape index (κ2) is 2.17. The number of carboxylic acid groups (broad SMARTS) is 1. The molecule has 0 N–H and O–H groups in total. The Balaban J connectivity index is 4.38. The topological polar surface area (TPSA) is 57.2 Å². The van der Waals surface area contributed by atoms with Crippen LogP contribution in [-0.4, -0.2) is 11.8 Å². The third-order valence-electron chi connectivity index (χ3n) is 1.39. The van der Waals surface area contributed by atoms with Gasteiger partial charge in [-0.25, -0.2) is 0 Å². The van der Waals surface area contributed by atoms with Crippen molar-refractivity contribution in [3.05, 3.63) is 0 Å². The molecule has 0 aromatic carbocycles. The number of ketones is 1. The highest BCUT2D eigenvalue weighted by atomic mass is 16.4. The monoisotopic (exact) mass is 129 g/mol. The molecule has 3 heteroatoms. The van der Waals surface area contributed by atoms with Crippen molar-refractivity contribution in [1.82, 2.24) is 0 Å². The molecule has 0 aromatic heterocycles. The first-order valence-corrected chi connectivity index (χ1v) is 2.61. The van der Waals surface area contributed by atoms with E-state index in [-0.39, 0.29) is 5.78 Å². The fourth-order valence-electron chi connectivity index (χ4n) is 0.144. The fourth-order valence-corrected chi connectivity index (χ4v) is 0.144. The van der Waals surface area contributed by atoms with E-state index in [1.54, 1.807) is 0 Å². The van der Waals surface area contributed by atoms with Gasteiger partial charge in [-0.05, 0) is 20.8 Å². The highest BCUT2D eigenvalue weighted by Gasteiger charge is 2.24. The number of Topliss-reactive ketones (excluding diaryl/α,β-unsaturated/α-hetero) is 1. The summed E-state index contributed by atoms with van der Waals surface area (Å²) in [6.45, 7) is 3.88. The normalized spacial score (nSPS) is 11.0. The molecule has 0 amide bonds. The molecule has 0 atom stereocenters. The second-order valence-corrected chi connectivity index (χ2v) is 2.47. The lowest BCUT2D eigenvalue weighted by molar-refractivity contribution is -0.315. The summed E-state index contributed by atoms with van der Waals surface area (Å²) in [4.78, 5) is 20.6. The van der Waals surface area contributed by atoms with E-state index in [0.29, 0.717) is 0 Å². The Morgan fingerprint density at radius 3 is 1.67 bits per heavy atom. The molecule has 0 rings (SSSR count). The molecule has 0 saturated heterocycles. The van der Waals surface area contributed by atoms with E-state index in [2.05, 4.69) is 0 Å². The van der Waals surface area contributed by atoms with Crippen molar-refractivity contribution in [2.45, 2.75) is 20.8 Å².